The van der Waals surface area contributed by atoms with Gasteiger partial charge in [-0.3, -0.25) is 0 Å². The molecule has 0 spiro atoms. The van der Waals surface area contributed by atoms with Gasteiger partial charge in [-0.15, -0.1) is 0 Å². The first-order valence-corrected chi connectivity index (χ1v) is 5.56. The minimum absolute atomic E-state index is 0.0169. The fourth-order valence-electron chi connectivity index (χ4n) is 2.19. The fraction of sp³-hybridized carbons (Fsp3) is 0.600. The van der Waals surface area contributed by atoms with Crippen molar-refractivity contribution in [3.63, 3.8) is 0 Å². The van der Waals surface area contributed by atoms with Gasteiger partial charge < -0.3 is 10.6 Å². The van der Waals surface area contributed by atoms with Gasteiger partial charge in [0.2, 0.25) is 5.95 Å². The smallest absolute Gasteiger partial charge is 0.225 e. The molecule has 0 radical (unpaired) electrons. The van der Waals surface area contributed by atoms with Crippen LogP contribution in [0.2, 0.25) is 5.02 Å². The highest BCUT2D eigenvalue weighted by molar-refractivity contribution is 6.30. The second kappa shape index (κ2) is 3.06. The van der Waals surface area contributed by atoms with Crippen LogP contribution in [0.3, 0.4) is 0 Å². The van der Waals surface area contributed by atoms with Crippen LogP contribution < -0.4 is 10.6 Å². The van der Waals surface area contributed by atoms with Crippen LogP contribution in [0.5, 0.6) is 0 Å². The van der Waals surface area contributed by atoms with Crippen molar-refractivity contribution in [1.29, 1.82) is 0 Å². The highest BCUT2D eigenvalue weighted by Crippen LogP contribution is 2.43. The van der Waals surface area contributed by atoms with Crippen molar-refractivity contribution in [3.8, 4) is 0 Å². The molecule has 15 heavy (non-hydrogen) atoms. The van der Waals surface area contributed by atoms with Gasteiger partial charge in [0.25, 0.3) is 0 Å². The number of anilines is 1. The number of nitrogens with two attached hydrogens (primary N) is 1. The normalized spacial score (nSPS) is 23.7. The number of aromatic nitrogens is 2. The third-order valence-corrected chi connectivity index (χ3v) is 3.45. The Morgan fingerprint density at radius 3 is 2.47 bits per heavy atom. The van der Waals surface area contributed by atoms with Crippen LogP contribution in [-0.4, -0.2) is 28.6 Å². The predicted octanol–water partition coefficient (Wildman–Crippen LogP) is 1.06. The summed E-state index contributed by atoms with van der Waals surface area (Å²) in [5.74, 6) is 1.46. The number of nitrogens with zero attached hydrogens (tertiary/aromatic N) is 3. The molecule has 4 nitrogen and oxygen atoms in total. The SMILES string of the molecule is NC1(C2CC2)CN(c2ncc(Cl)cn2)C1. The van der Waals surface area contributed by atoms with Gasteiger partial charge in [-0.2, -0.15) is 0 Å². The first-order chi connectivity index (χ1) is 7.17. The number of hydrogen-bond donors (Lipinski definition) is 1. The highest BCUT2D eigenvalue weighted by Gasteiger charge is 2.50. The maximum atomic E-state index is 6.24. The van der Waals surface area contributed by atoms with Crippen LogP contribution in [0.25, 0.3) is 0 Å². The number of hydrogen-bond acceptors (Lipinski definition) is 4. The molecule has 1 aliphatic carbocycles. The molecular weight excluding hydrogens is 212 g/mol. The monoisotopic (exact) mass is 224 g/mol. The standard InChI is InChI=1S/C10H13ClN4/c11-8-3-13-9(14-4-8)15-5-10(12,6-15)7-1-2-7/h3-4,7H,1-2,5-6,12H2. The summed E-state index contributed by atoms with van der Waals surface area (Å²) in [6.45, 7) is 1.75. The molecular formula is C10H13ClN4. The summed E-state index contributed by atoms with van der Waals surface area (Å²) in [5, 5.41) is 0.570. The van der Waals surface area contributed by atoms with Gasteiger partial charge in [0, 0.05) is 13.1 Å². The molecule has 0 unspecified atom stereocenters. The lowest BCUT2D eigenvalue weighted by atomic mass is 9.86. The van der Waals surface area contributed by atoms with E-state index in [1.165, 1.54) is 12.8 Å². The van der Waals surface area contributed by atoms with Crippen molar-refractivity contribution >= 4 is 17.5 Å². The lowest BCUT2D eigenvalue weighted by Gasteiger charge is -2.48. The Hall–Kier alpha value is -0.870. The van der Waals surface area contributed by atoms with Crippen LogP contribution >= 0.6 is 11.6 Å². The van der Waals surface area contributed by atoms with E-state index in [9.17, 15) is 0 Å². The van der Waals surface area contributed by atoms with Crippen molar-refractivity contribution in [1.82, 2.24) is 9.97 Å². The van der Waals surface area contributed by atoms with Gasteiger partial charge in [0.1, 0.15) is 0 Å². The van der Waals surface area contributed by atoms with Crippen LogP contribution in [0, 0.1) is 5.92 Å². The van der Waals surface area contributed by atoms with E-state index in [-0.39, 0.29) is 5.54 Å². The molecule has 1 aromatic rings. The summed E-state index contributed by atoms with van der Waals surface area (Å²) in [5.41, 5.74) is 6.26. The van der Waals surface area contributed by atoms with E-state index in [2.05, 4.69) is 14.9 Å². The maximum Gasteiger partial charge on any atom is 0.225 e. The van der Waals surface area contributed by atoms with Gasteiger partial charge in [0.15, 0.2) is 0 Å². The van der Waals surface area contributed by atoms with Crippen molar-refractivity contribution in [2.75, 3.05) is 18.0 Å². The summed E-state index contributed by atoms with van der Waals surface area (Å²) in [6, 6.07) is 0. The molecule has 1 aromatic heterocycles. The molecule has 80 valence electrons. The topological polar surface area (TPSA) is 55.0 Å². The quantitative estimate of drug-likeness (QED) is 0.816. The minimum atomic E-state index is 0.0169. The molecule has 3 rings (SSSR count). The zero-order valence-electron chi connectivity index (χ0n) is 8.36. The molecule has 1 aliphatic heterocycles. The summed E-state index contributed by atoms with van der Waals surface area (Å²) in [6.07, 6.45) is 5.81. The summed E-state index contributed by atoms with van der Waals surface area (Å²) in [7, 11) is 0. The predicted molar refractivity (Wildman–Crippen MR) is 58.9 cm³/mol. The highest BCUT2D eigenvalue weighted by atomic mass is 35.5. The summed E-state index contributed by atoms with van der Waals surface area (Å²) in [4.78, 5) is 10.5. The molecule has 1 saturated carbocycles. The van der Waals surface area contributed by atoms with Gasteiger partial charge in [-0.1, -0.05) is 11.6 Å². The van der Waals surface area contributed by atoms with Gasteiger partial charge in [0.05, 0.1) is 23.0 Å². The third kappa shape index (κ3) is 1.58. The van der Waals surface area contributed by atoms with E-state index in [1.54, 1.807) is 12.4 Å². The summed E-state index contributed by atoms with van der Waals surface area (Å²) >= 11 is 5.73. The van der Waals surface area contributed by atoms with Crippen molar-refractivity contribution < 1.29 is 0 Å². The van der Waals surface area contributed by atoms with Crippen LogP contribution in [0.1, 0.15) is 12.8 Å². The maximum absolute atomic E-state index is 6.24. The molecule has 2 N–H and O–H groups in total. The molecule has 0 aromatic carbocycles. The number of halogens is 1. The molecule has 2 heterocycles. The fourth-order valence-corrected chi connectivity index (χ4v) is 2.29. The second-order valence-electron chi connectivity index (χ2n) is 4.56. The first kappa shape index (κ1) is 9.36. The average molecular weight is 225 g/mol. The second-order valence-corrected chi connectivity index (χ2v) is 5.00. The van der Waals surface area contributed by atoms with E-state index in [0.29, 0.717) is 5.02 Å². The minimum Gasteiger partial charge on any atom is -0.337 e. The Morgan fingerprint density at radius 1 is 1.33 bits per heavy atom. The Bertz CT molecular complexity index is 368. The molecule has 0 amide bonds. The largest absolute Gasteiger partial charge is 0.337 e. The lowest BCUT2D eigenvalue weighted by molar-refractivity contribution is 0.287. The Balaban J connectivity index is 1.69. The van der Waals surface area contributed by atoms with Gasteiger partial charge >= 0.3 is 0 Å². The van der Waals surface area contributed by atoms with E-state index in [4.69, 9.17) is 17.3 Å². The van der Waals surface area contributed by atoms with E-state index < -0.39 is 0 Å². The molecule has 1 saturated heterocycles. The summed E-state index contributed by atoms with van der Waals surface area (Å²) < 4.78 is 0. The van der Waals surface area contributed by atoms with Crippen LogP contribution in [-0.2, 0) is 0 Å². The Kier molecular flexibility index (Phi) is 1.91. The van der Waals surface area contributed by atoms with Gasteiger partial charge in [-0.25, -0.2) is 9.97 Å². The van der Waals surface area contributed by atoms with E-state index in [0.717, 1.165) is 25.0 Å². The van der Waals surface area contributed by atoms with Crippen LogP contribution in [0.15, 0.2) is 12.4 Å². The molecule has 0 atom stereocenters. The Morgan fingerprint density at radius 2 is 1.93 bits per heavy atom. The molecule has 2 fully saturated rings. The van der Waals surface area contributed by atoms with Crippen LogP contribution in [0.4, 0.5) is 5.95 Å². The third-order valence-electron chi connectivity index (χ3n) is 3.25. The van der Waals surface area contributed by atoms with Crippen molar-refractivity contribution in [2.24, 2.45) is 11.7 Å². The molecule has 5 heteroatoms. The first-order valence-electron chi connectivity index (χ1n) is 5.19. The van der Waals surface area contributed by atoms with E-state index in [1.807, 2.05) is 0 Å². The van der Waals surface area contributed by atoms with Crippen molar-refractivity contribution in [2.45, 2.75) is 18.4 Å². The van der Waals surface area contributed by atoms with Crippen molar-refractivity contribution in [3.05, 3.63) is 17.4 Å². The molecule has 0 bridgehead atoms. The zero-order chi connectivity index (χ0) is 10.5. The lowest BCUT2D eigenvalue weighted by Crippen LogP contribution is -2.69. The zero-order valence-corrected chi connectivity index (χ0v) is 9.11. The van der Waals surface area contributed by atoms with E-state index >= 15 is 0 Å². The van der Waals surface area contributed by atoms with Gasteiger partial charge in [-0.05, 0) is 18.8 Å². The number of rotatable bonds is 2. The average Bonchev–Trinajstić information content (AvgIpc) is 2.98. The molecule has 2 aliphatic rings. The Labute approximate surface area is 93.5 Å².